The lowest BCUT2D eigenvalue weighted by atomic mass is 9.83. The molecule has 1 aliphatic heterocycles. The van der Waals surface area contributed by atoms with Crippen molar-refractivity contribution < 1.29 is 14.4 Å². The first-order valence-electron chi connectivity index (χ1n) is 12.7. The van der Waals surface area contributed by atoms with Crippen LogP contribution in [0.15, 0.2) is 42.6 Å². The summed E-state index contributed by atoms with van der Waals surface area (Å²) in [5.74, 6) is 0.0746. The molecule has 3 unspecified atom stereocenters. The molecule has 9 nitrogen and oxygen atoms in total. The summed E-state index contributed by atoms with van der Waals surface area (Å²) in [5, 5.41) is 13.3. The fourth-order valence-corrected chi connectivity index (χ4v) is 5.12. The number of carbonyl (C=O) groups excluding carboxylic acids is 3. The summed E-state index contributed by atoms with van der Waals surface area (Å²) in [5.41, 5.74) is 0.839. The van der Waals surface area contributed by atoms with Gasteiger partial charge in [-0.25, -0.2) is 4.68 Å². The fraction of sp³-hybridized carbons (Fsp3) is 0.538. The molecule has 188 valence electrons. The van der Waals surface area contributed by atoms with Crippen molar-refractivity contribution in [2.45, 2.75) is 70.0 Å². The third-order valence-corrected chi connectivity index (χ3v) is 7.24. The zero-order valence-electron chi connectivity index (χ0n) is 20.6. The van der Waals surface area contributed by atoms with Crippen LogP contribution in [0, 0.1) is 5.92 Å². The van der Waals surface area contributed by atoms with Crippen molar-refractivity contribution in [2.24, 2.45) is 5.92 Å². The smallest absolute Gasteiger partial charge is 0.248 e. The molecular weight excluding hydrogens is 444 g/mol. The molecule has 2 heterocycles. The van der Waals surface area contributed by atoms with E-state index in [-0.39, 0.29) is 23.6 Å². The Hall–Kier alpha value is -3.20. The van der Waals surface area contributed by atoms with Crippen LogP contribution >= 0.6 is 0 Å². The average Bonchev–Trinajstić information content (AvgIpc) is 3.57. The molecular formula is C26H36N6O3. The van der Waals surface area contributed by atoms with Gasteiger partial charge in [0.25, 0.3) is 0 Å². The predicted octanol–water partition coefficient (Wildman–Crippen LogP) is 2.47. The Morgan fingerprint density at radius 1 is 1.00 bits per heavy atom. The standard InChI is InChI=1S/C26H36N6O3/c1-18(27-2)24(33)30-23(19-10-5-3-6-11-19)26(35)31-17-9-14-21(31)25(34)29-22-15-16-28-32(22)20-12-7-4-8-13-20/h4,7-8,12-13,15-16,18-19,21,23,27H,3,5-6,9-11,14,17H2,1-2H3,(H,29,34)(H,30,33). The number of likely N-dealkylation sites (N-methyl/N-ethyl adjacent to an activating group) is 1. The van der Waals surface area contributed by atoms with Crippen molar-refractivity contribution in [3.63, 3.8) is 0 Å². The third-order valence-electron chi connectivity index (χ3n) is 7.24. The second-order valence-electron chi connectivity index (χ2n) is 9.54. The van der Waals surface area contributed by atoms with Crippen LogP contribution in [0.4, 0.5) is 5.82 Å². The lowest BCUT2D eigenvalue weighted by Gasteiger charge is -2.35. The number of aromatic nitrogens is 2. The number of amides is 3. The molecule has 35 heavy (non-hydrogen) atoms. The van der Waals surface area contributed by atoms with Gasteiger partial charge in [-0.05, 0) is 57.7 Å². The van der Waals surface area contributed by atoms with E-state index in [4.69, 9.17) is 0 Å². The number of carbonyl (C=O) groups is 3. The summed E-state index contributed by atoms with van der Waals surface area (Å²) in [6, 6.07) is 9.74. The van der Waals surface area contributed by atoms with Gasteiger partial charge in [0.05, 0.1) is 17.9 Å². The molecule has 1 saturated carbocycles. The third kappa shape index (κ3) is 5.73. The summed E-state index contributed by atoms with van der Waals surface area (Å²) in [7, 11) is 1.72. The van der Waals surface area contributed by atoms with Gasteiger partial charge in [0.15, 0.2) is 0 Å². The molecule has 2 aliphatic rings. The molecule has 3 N–H and O–H groups in total. The van der Waals surface area contributed by atoms with Crippen molar-refractivity contribution in [1.82, 2.24) is 25.3 Å². The van der Waals surface area contributed by atoms with Crippen LogP contribution < -0.4 is 16.0 Å². The quantitative estimate of drug-likeness (QED) is 0.538. The highest BCUT2D eigenvalue weighted by Gasteiger charge is 2.41. The van der Waals surface area contributed by atoms with Gasteiger partial charge in [0.1, 0.15) is 17.9 Å². The SMILES string of the molecule is CNC(C)C(=O)NC(C(=O)N1CCCC1C(=O)Nc1ccnn1-c1ccccc1)C1CCCCC1. The van der Waals surface area contributed by atoms with Gasteiger partial charge >= 0.3 is 0 Å². The Morgan fingerprint density at radius 2 is 1.74 bits per heavy atom. The monoisotopic (exact) mass is 480 g/mol. The van der Waals surface area contributed by atoms with E-state index in [1.54, 1.807) is 35.8 Å². The minimum Gasteiger partial charge on any atom is -0.343 e. The van der Waals surface area contributed by atoms with Gasteiger partial charge in [-0.15, -0.1) is 0 Å². The number of rotatable bonds is 8. The maximum absolute atomic E-state index is 13.8. The van der Waals surface area contributed by atoms with Crippen LogP contribution in [-0.4, -0.2) is 64.1 Å². The molecule has 4 rings (SSSR count). The molecule has 0 radical (unpaired) electrons. The highest BCUT2D eigenvalue weighted by molar-refractivity contribution is 5.98. The van der Waals surface area contributed by atoms with Gasteiger partial charge in [0.2, 0.25) is 17.7 Å². The number of nitrogens with one attached hydrogen (secondary N) is 3. The number of hydrogen-bond acceptors (Lipinski definition) is 5. The molecule has 3 amide bonds. The molecule has 1 aromatic carbocycles. The van der Waals surface area contributed by atoms with Gasteiger partial charge < -0.3 is 20.9 Å². The number of benzene rings is 1. The van der Waals surface area contributed by atoms with E-state index in [1.807, 2.05) is 30.3 Å². The molecule has 2 fully saturated rings. The van der Waals surface area contributed by atoms with Crippen LogP contribution in [-0.2, 0) is 14.4 Å². The van der Waals surface area contributed by atoms with Crippen molar-refractivity contribution in [2.75, 3.05) is 18.9 Å². The van der Waals surface area contributed by atoms with Crippen LogP contribution in [0.1, 0.15) is 51.9 Å². The van der Waals surface area contributed by atoms with E-state index < -0.39 is 18.1 Å². The van der Waals surface area contributed by atoms with Crippen molar-refractivity contribution >= 4 is 23.5 Å². The number of nitrogens with zero attached hydrogens (tertiary/aromatic N) is 3. The summed E-state index contributed by atoms with van der Waals surface area (Å²) < 4.78 is 1.67. The first kappa shape index (κ1) is 24.9. The minimum atomic E-state index is -0.609. The summed E-state index contributed by atoms with van der Waals surface area (Å²) in [4.78, 5) is 41.5. The lowest BCUT2D eigenvalue weighted by molar-refractivity contribution is -0.142. The second kappa shape index (κ2) is 11.5. The molecule has 1 aromatic heterocycles. The first-order valence-corrected chi connectivity index (χ1v) is 12.7. The van der Waals surface area contributed by atoms with Gasteiger partial charge in [-0.1, -0.05) is 37.5 Å². The van der Waals surface area contributed by atoms with E-state index in [0.29, 0.717) is 18.8 Å². The van der Waals surface area contributed by atoms with Crippen LogP contribution in [0.25, 0.3) is 5.69 Å². The summed E-state index contributed by atoms with van der Waals surface area (Å²) in [6.45, 7) is 2.29. The highest BCUT2D eigenvalue weighted by atomic mass is 16.2. The Morgan fingerprint density at radius 3 is 2.46 bits per heavy atom. The first-order chi connectivity index (χ1) is 17.0. The predicted molar refractivity (Wildman–Crippen MR) is 134 cm³/mol. The Bertz CT molecular complexity index is 1020. The molecule has 0 spiro atoms. The average molecular weight is 481 g/mol. The van der Waals surface area contributed by atoms with Gasteiger partial charge in [-0.2, -0.15) is 5.10 Å². The number of anilines is 1. The maximum Gasteiger partial charge on any atom is 0.248 e. The van der Waals surface area contributed by atoms with E-state index in [2.05, 4.69) is 21.0 Å². The van der Waals surface area contributed by atoms with Crippen molar-refractivity contribution in [1.29, 1.82) is 0 Å². The van der Waals surface area contributed by atoms with E-state index >= 15 is 0 Å². The summed E-state index contributed by atoms with van der Waals surface area (Å²) in [6.07, 6.45) is 8.06. The van der Waals surface area contributed by atoms with Gasteiger partial charge in [0, 0.05) is 12.6 Å². The van der Waals surface area contributed by atoms with E-state index in [0.717, 1.165) is 44.2 Å². The van der Waals surface area contributed by atoms with E-state index in [1.165, 1.54) is 0 Å². The largest absolute Gasteiger partial charge is 0.343 e. The molecule has 0 bridgehead atoms. The molecule has 1 aliphatic carbocycles. The molecule has 1 saturated heterocycles. The zero-order valence-corrected chi connectivity index (χ0v) is 20.6. The van der Waals surface area contributed by atoms with Crippen LogP contribution in [0.2, 0.25) is 0 Å². The Kier molecular flexibility index (Phi) is 8.17. The van der Waals surface area contributed by atoms with Crippen molar-refractivity contribution in [3.05, 3.63) is 42.6 Å². The number of hydrogen-bond donors (Lipinski definition) is 3. The fourth-order valence-electron chi connectivity index (χ4n) is 5.12. The Balaban J connectivity index is 1.50. The van der Waals surface area contributed by atoms with Gasteiger partial charge in [-0.3, -0.25) is 14.4 Å². The number of para-hydroxylation sites is 1. The highest BCUT2D eigenvalue weighted by Crippen LogP contribution is 2.30. The number of likely N-dealkylation sites (tertiary alicyclic amines) is 1. The second-order valence-corrected chi connectivity index (χ2v) is 9.54. The Labute approximate surface area is 206 Å². The van der Waals surface area contributed by atoms with Crippen molar-refractivity contribution in [3.8, 4) is 5.69 Å². The van der Waals surface area contributed by atoms with Crippen LogP contribution in [0.3, 0.4) is 0 Å². The molecule has 2 aromatic rings. The normalized spacial score (nSPS) is 20.3. The molecule has 3 atom stereocenters. The van der Waals surface area contributed by atoms with E-state index in [9.17, 15) is 14.4 Å². The topological polar surface area (TPSA) is 108 Å². The maximum atomic E-state index is 13.8. The zero-order chi connectivity index (χ0) is 24.8. The summed E-state index contributed by atoms with van der Waals surface area (Å²) >= 11 is 0. The minimum absolute atomic E-state index is 0.0908. The van der Waals surface area contributed by atoms with Crippen LogP contribution in [0.5, 0.6) is 0 Å². The molecule has 9 heteroatoms. The lowest BCUT2D eigenvalue weighted by Crippen LogP contribution is -2.57.